The molecule has 0 aromatic rings. The topological polar surface area (TPSA) is 140 Å². The van der Waals surface area contributed by atoms with Gasteiger partial charge in [0, 0.05) is 0 Å². The standard InChI is InChI=1S/C90H166.4H3N/c1-2-6-24-42-60-78-64-46-28-10-9-27-45-63-77(59-41-23-5-1)81-67-49-31-13-14-32-50-68-82(78)86-72-54-36-18-17-35-53-71-85(81)89-75-57-39-21-22-40-58-76-90(86)88-74-56-38-20-19-37-55-73-87(89)83-69-51-33-15-16-34-52-70-84(88)80-62-44-26-8-4-3-7-25-43-61-79(83)65-47-29-11-12-30-48-66-80;;;;/h77-90H,1-76H2;4*1H3/i/hD4. The van der Waals surface area contributed by atoms with Crippen molar-refractivity contribution in [3.63, 3.8) is 0 Å². The van der Waals surface area contributed by atoms with Crippen molar-refractivity contribution in [2.45, 2.75) is 488 Å². The smallest absolute Gasteiger partial charge is 0.115 e. The molecule has 0 amide bonds. The molecule has 12 unspecified atom stereocenters. The molecule has 4 nitrogen and oxygen atoms in total. The van der Waals surface area contributed by atoms with Crippen molar-refractivity contribution in [2.24, 2.45) is 82.9 Å². The highest BCUT2D eigenvalue weighted by molar-refractivity contribution is 4.94. The minimum atomic E-state index is 0.980. The molecule has 8 aliphatic rings. The number of hydrogen-bond donors (Lipinski definition) is 4. The molecule has 4 heteroatoms. The number of fused-ring (bicyclic) bond motifs is 75. The Balaban J connectivity index is 0.00000246. The first-order valence-electron chi connectivity index (χ1n) is 47.2. The maximum Gasteiger partial charge on any atom is 0.115 e. The first kappa shape index (κ1) is 79.5. The second-order valence-corrected chi connectivity index (χ2v) is 35.4. The lowest BCUT2D eigenvalue weighted by Crippen LogP contribution is -2.39. The zero-order valence-electron chi connectivity index (χ0n) is 68.1. The van der Waals surface area contributed by atoms with Crippen molar-refractivity contribution in [3.05, 3.63) is 0 Å². The van der Waals surface area contributed by atoms with Gasteiger partial charge in [-0.2, -0.15) is 0 Å². The van der Waals surface area contributed by atoms with Gasteiger partial charge in [-0.15, -0.1) is 0 Å². The lowest BCUT2D eigenvalue weighted by Gasteiger charge is -2.47. The monoisotopic (exact) mass is 1320 g/mol. The average Bonchev–Trinajstić information content (AvgIpc) is 0.816. The summed E-state index contributed by atoms with van der Waals surface area (Å²) in [5.41, 5.74) is 0. The molecule has 0 spiro atoms. The Morgan fingerprint density at radius 2 is 0.170 bits per heavy atom. The molecule has 14 bridgehead atoms. The molecule has 12 atom stereocenters. The molecule has 0 heterocycles. The Kier molecular flexibility index (Phi) is 47.7. The Morgan fingerprint density at radius 3 is 0.287 bits per heavy atom. The maximum absolute atomic E-state index is 5.25. The third-order valence-corrected chi connectivity index (χ3v) is 29.0. The summed E-state index contributed by atoms with van der Waals surface area (Å²) < 4.78 is 21.0. The zero-order valence-corrected chi connectivity index (χ0v) is 64.1. The normalized spacial score (nSPS) is 35.8. The van der Waals surface area contributed by atoms with Crippen LogP contribution in [0.5, 0.6) is 0 Å². The van der Waals surface area contributed by atoms with Gasteiger partial charge in [0.15, 0.2) is 0 Å². The van der Waals surface area contributed by atoms with Gasteiger partial charge in [0.1, 0.15) is 5.65 Å². The Morgan fingerprint density at radius 1 is 0.0957 bits per heavy atom. The van der Waals surface area contributed by atoms with Gasteiger partial charge in [-0.1, -0.05) is 424 Å². The van der Waals surface area contributed by atoms with Crippen LogP contribution in [-0.2, 0) is 0 Å². The fraction of sp³-hybridized carbons (Fsp3) is 1.00. The summed E-state index contributed by atoms with van der Waals surface area (Å²) in [6.07, 6.45) is 134. The van der Waals surface area contributed by atoms with Crippen LogP contribution in [0.4, 0.5) is 0 Å². The highest BCUT2D eigenvalue weighted by Gasteiger charge is 2.44. The second kappa shape index (κ2) is 56.4. The molecule has 94 heavy (non-hydrogen) atoms. The van der Waals surface area contributed by atoms with E-state index in [0.717, 1.165) is 82.9 Å². The van der Waals surface area contributed by atoms with E-state index >= 15 is 0 Å². The SMILES string of the molecule is C1CCCCCC2CCCCCCCCC(CCCC1)C1CCCCCCCCC2C2CCCCCCCCC1C1CCCCCCCCC2C2CCCCCCCCC1C1CCCCCCCCC2C2CCCCCCCCCCC1CCCCCCCC2.[2H]N.[2H]N.[2H]N.[2H]N. The number of rotatable bonds is 0. The predicted molar refractivity (Wildman–Crippen MR) is 420 cm³/mol. The summed E-state index contributed by atoms with van der Waals surface area (Å²) in [4.78, 5) is 0. The van der Waals surface area contributed by atoms with Crippen LogP contribution in [0.3, 0.4) is 0 Å². The summed E-state index contributed by atoms with van der Waals surface area (Å²) in [5, 5.41) is 0. The van der Waals surface area contributed by atoms with Crippen LogP contribution >= 0.6 is 0 Å². The third kappa shape index (κ3) is 33.3. The second-order valence-electron chi connectivity index (χ2n) is 35.4. The van der Waals surface area contributed by atoms with Gasteiger partial charge in [0.05, 0.1) is 0 Å². The number of hydrogen-bond acceptors (Lipinski definition) is 4. The molecule has 8 saturated carbocycles. The van der Waals surface area contributed by atoms with Crippen LogP contribution in [-0.4, -0.2) is 0 Å². The molecule has 0 aliphatic heterocycles. The summed E-state index contributed by atoms with van der Waals surface area (Å²) in [6, 6.07) is 0. The molecule has 558 valence electrons. The molecular formula is C90H178N4. The third-order valence-electron chi connectivity index (χ3n) is 29.0. The maximum atomic E-state index is 5.25. The average molecular weight is 1320 g/mol. The quantitative estimate of drug-likeness (QED) is 0.192. The van der Waals surface area contributed by atoms with Gasteiger partial charge >= 0.3 is 0 Å². The van der Waals surface area contributed by atoms with Gasteiger partial charge in [-0.25, -0.2) is 0 Å². The lowest BCUT2D eigenvalue weighted by molar-refractivity contribution is 0.0247. The molecule has 0 radical (unpaired) electrons. The summed E-state index contributed by atoms with van der Waals surface area (Å²) in [6.45, 7) is 0. The summed E-state index contributed by atoms with van der Waals surface area (Å²) in [5.74, 6) is 13.8. The van der Waals surface area contributed by atoms with Crippen molar-refractivity contribution >= 4 is 0 Å². The molecule has 12 N–H and O–H groups in total. The zero-order chi connectivity index (χ0) is 69.8. The van der Waals surface area contributed by atoms with E-state index in [2.05, 4.69) is 24.6 Å². The van der Waals surface area contributed by atoms with E-state index < -0.39 is 0 Å². The van der Waals surface area contributed by atoms with Gasteiger partial charge in [0.25, 0.3) is 0 Å². The molecule has 0 saturated heterocycles. The first-order chi connectivity index (χ1) is 48.8. The van der Waals surface area contributed by atoms with Crippen LogP contribution in [0.1, 0.15) is 488 Å². The van der Waals surface area contributed by atoms with E-state index in [9.17, 15) is 0 Å². The van der Waals surface area contributed by atoms with Crippen LogP contribution < -0.4 is 24.6 Å². The predicted octanol–water partition coefficient (Wildman–Crippen LogP) is 32.0. The van der Waals surface area contributed by atoms with Gasteiger partial charge in [-0.05, 0) is 147 Å². The molecule has 0 aromatic carbocycles. The van der Waals surface area contributed by atoms with E-state index in [1.54, 1.807) is 411 Å². The molecular weight excluding hydrogens is 1140 g/mol. The Labute approximate surface area is 598 Å². The van der Waals surface area contributed by atoms with Gasteiger partial charge < -0.3 is 24.6 Å². The lowest BCUT2D eigenvalue weighted by atomic mass is 9.58. The van der Waals surface area contributed by atoms with E-state index in [0.29, 0.717) is 0 Å². The molecule has 8 rings (SSSR count). The first-order valence-corrected chi connectivity index (χ1v) is 44.8. The van der Waals surface area contributed by atoms with Crippen molar-refractivity contribution in [3.8, 4) is 0 Å². The molecule has 0 aromatic heterocycles. The Hall–Kier alpha value is -0.160. The van der Waals surface area contributed by atoms with Crippen molar-refractivity contribution in [2.75, 3.05) is 0 Å². The van der Waals surface area contributed by atoms with Crippen molar-refractivity contribution < 1.29 is 5.65 Å². The van der Waals surface area contributed by atoms with Gasteiger partial charge in [-0.3, -0.25) is 0 Å². The highest BCUT2D eigenvalue weighted by Crippen LogP contribution is 2.54. The van der Waals surface area contributed by atoms with Crippen molar-refractivity contribution in [1.29, 1.82) is 0 Å². The van der Waals surface area contributed by atoms with Gasteiger partial charge in [0.2, 0.25) is 0 Å². The molecule has 8 fully saturated rings. The fourth-order valence-corrected chi connectivity index (χ4v) is 24.1. The van der Waals surface area contributed by atoms with Crippen LogP contribution in [0, 0.1) is 82.9 Å². The minimum absolute atomic E-state index is 0.980. The van der Waals surface area contributed by atoms with Crippen LogP contribution in [0.15, 0.2) is 0 Å². The minimum Gasteiger partial charge on any atom is -0.344 e. The Bertz CT molecular complexity index is 1450. The molecule has 8 aliphatic carbocycles. The van der Waals surface area contributed by atoms with Crippen LogP contribution in [0.2, 0.25) is 5.65 Å². The van der Waals surface area contributed by atoms with E-state index in [4.69, 9.17) is 5.65 Å². The summed E-state index contributed by atoms with van der Waals surface area (Å²) >= 11 is 0. The largest absolute Gasteiger partial charge is 0.344 e. The van der Waals surface area contributed by atoms with Crippen molar-refractivity contribution in [1.82, 2.24) is 24.6 Å². The fourth-order valence-electron chi connectivity index (χ4n) is 24.1. The van der Waals surface area contributed by atoms with E-state index in [1.807, 2.05) is 0 Å². The van der Waals surface area contributed by atoms with Crippen LogP contribution in [0.25, 0.3) is 0 Å². The summed E-state index contributed by atoms with van der Waals surface area (Å²) in [7, 11) is 0. The van der Waals surface area contributed by atoms with E-state index in [1.165, 1.54) is 77.0 Å². The van der Waals surface area contributed by atoms with E-state index in [-0.39, 0.29) is 0 Å². The highest BCUT2D eigenvalue weighted by atomic mass is 14.5.